The monoisotopic (exact) mass is 518 g/mol. The molecule has 0 radical (unpaired) electrons. The second-order valence-corrected chi connectivity index (χ2v) is 8.66. The van der Waals surface area contributed by atoms with Crippen molar-refractivity contribution in [3.63, 3.8) is 0 Å². The Hall–Kier alpha value is -4.63. The minimum Gasteiger partial charge on any atom is -0.478 e. The summed E-state index contributed by atoms with van der Waals surface area (Å²) >= 11 is 6.24. The van der Waals surface area contributed by atoms with Crippen LogP contribution in [0.3, 0.4) is 0 Å². The number of hydrogen-bond acceptors (Lipinski definition) is 5. The average Bonchev–Trinajstić information content (AvgIpc) is 3.18. The molecule has 10 heteroatoms. The Morgan fingerprint density at radius 3 is 2.27 bits per heavy atom. The molecule has 188 valence electrons. The van der Waals surface area contributed by atoms with Gasteiger partial charge in [-0.05, 0) is 48.9 Å². The van der Waals surface area contributed by atoms with Gasteiger partial charge in [0.05, 0.1) is 16.3 Å². The van der Waals surface area contributed by atoms with Crippen LogP contribution >= 0.6 is 11.6 Å². The number of rotatable bonds is 8. The SMILES string of the molecule is Cc1nc(-c2ccccc2Cl)n(O)c1C(=O)N[C@@H](Cc1ccccc1)C(=O)Nc1ccc(C(=O)O)cc1. The molecule has 2 amide bonds. The van der Waals surface area contributed by atoms with Crippen LogP contribution in [0, 0.1) is 6.92 Å². The van der Waals surface area contributed by atoms with Crippen LogP contribution in [0.2, 0.25) is 5.02 Å². The number of imidazole rings is 1. The van der Waals surface area contributed by atoms with Crippen molar-refractivity contribution in [2.45, 2.75) is 19.4 Å². The molecule has 37 heavy (non-hydrogen) atoms. The molecule has 1 heterocycles. The van der Waals surface area contributed by atoms with Gasteiger partial charge in [-0.3, -0.25) is 9.59 Å². The Bertz CT molecular complexity index is 1450. The van der Waals surface area contributed by atoms with Crippen molar-refractivity contribution in [3.8, 4) is 11.4 Å². The quantitative estimate of drug-likeness (QED) is 0.255. The number of nitrogens with one attached hydrogen (secondary N) is 2. The van der Waals surface area contributed by atoms with Gasteiger partial charge in [0, 0.05) is 17.7 Å². The average molecular weight is 519 g/mol. The van der Waals surface area contributed by atoms with Crippen LogP contribution in [0.25, 0.3) is 11.4 Å². The van der Waals surface area contributed by atoms with E-state index in [1.807, 2.05) is 30.3 Å². The molecular formula is C27H23ClN4O5. The summed E-state index contributed by atoms with van der Waals surface area (Å²) in [5.74, 6) is -2.22. The van der Waals surface area contributed by atoms with E-state index in [2.05, 4.69) is 15.6 Å². The van der Waals surface area contributed by atoms with Crippen LogP contribution in [-0.2, 0) is 11.2 Å². The predicted octanol–water partition coefficient (Wildman–Crippen LogP) is 4.43. The number of hydrogen-bond donors (Lipinski definition) is 4. The van der Waals surface area contributed by atoms with Gasteiger partial charge in [0.15, 0.2) is 11.5 Å². The first-order valence-electron chi connectivity index (χ1n) is 11.3. The lowest BCUT2D eigenvalue weighted by atomic mass is 10.0. The zero-order valence-electron chi connectivity index (χ0n) is 19.7. The van der Waals surface area contributed by atoms with Gasteiger partial charge in [0.25, 0.3) is 5.91 Å². The topological polar surface area (TPSA) is 134 Å². The number of carbonyl (C=O) groups is 3. The van der Waals surface area contributed by atoms with E-state index in [-0.39, 0.29) is 29.2 Å². The maximum Gasteiger partial charge on any atom is 0.335 e. The summed E-state index contributed by atoms with van der Waals surface area (Å²) in [6.07, 6.45) is 0.168. The van der Waals surface area contributed by atoms with E-state index in [1.165, 1.54) is 24.3 Å². The Balaban J connectivity index is 1.60. The molecule has 4 aromatic rings. The smallest absolute Gasteiger partial charge is 0.335 e. The van der Waals surface area contributed by atoms with Gasteiger partial charge in [-0.15, -0.1) is 0 Å². The van der Waals surface area contributed by atoms with Crippen molar-refractivity contribution in [3.05, 3.63) is 106 Å². The number of amides is 2. The fourth-order valence-corrected chi connectivity index (χ4v) is 4.03. The lowest BCUT2D eigenvalue weighted by molar-refractivity contribution is -0.118. The number of aromatic carboxylic acids is 1. The van der Waals surface area contributed by atoms with Gasteiger partial charge in [0.2, 0.25) is 5.91 Å². The van der Waals surface area contributed by atoms with E-state index >= 15 is 0 Å². The molecule has 0 saturated carbocycles. The van der Waals surface area contributed by atoms with Gasteiger partial charge in [-0.25, -0.2) is 9.78 Å². The number of aromatic nitrogens is 2. The molecular weight excluding hydrogens is 496 g/mol. The predicted molar refractivity (Wildman–Crippen MR) is 138 cm³/mol. The van der Waals surface area contributed by atoms with E-state index in [4.69, 9.17) is 16.7 Å². The first kappa shape index (κ1) is 25.5. The number of aryl methyl sites for hydroxylation is 1. The minimum atomic E-state index is -1.08. The minimum absolute atomic E-state index is 0.0770. The summed E-state index contributed by atoms with van der Waals surface area (Å²) in [5, 5.41) is 25.6. The molecule has 0 aliphatic carbocycles. The molecule has 0 aliphatic heterocycles. The molecule has 1 aromatic heterocycles. The molecule has 4 N–H and O–H groups in total. The van der Waals surface area contributed by atoms with Crippen LogP contribution < -0.4 is 10.6 Å². The highest BCUT2D eigenvalue weighted by Crippen LogP contribution is 2.28. The van der Waals surface area contributed by atoms with E-state index in [9.17, 15) is 19.6 Å². The second kappa shape index (κ2) is 11.0. The zero-order chi connectivity index (χ0) is 26.5. The number of carbonyl (C=O) groups excluding carboxylic acids is 2. The highest BCUT2D eigenvalue weighted by molar-refractivity contribution is 6.33. The number of carboxylic acid groups (broad SMARTS) is 1. The highest BCUT2D eigenvalue weighted by atomic mass is 35.5. The molecule has 0 unspecified atom stereocenters. The summed E-state index contributed by atoms with van der Waals surface area (Å²) in [5.41, 5.74) is 1.80. The molecule has 0 spiro atoms. The lowest BCUT2D eigenvalue weighted by Crippen LogP contribution is -2.46. The molecule has 1 atom stereocenters. The van der Waals surface area contributed by atoms with Crippen molar-refractivity contribution in [2.24, 2.45) is 0 Å². The summed E-state index contributed by atoms with van der Waals surface area (Å²) in [6, 6.07) is 20.5. The first-order valence-corrected chi connectivity index (χ1v) is 11.6. The van der Waals surface area contributed by atoms with Gasteiger partial charge >= 0.3 is 5.97 Å². The number of carboxylic acids is 1. The van der Waals surface area contributed by atoms with Gasteiger partial charge < -0.3 is 20.9 Å². The van der Waals surface area contributed by atoms with Crippen LogP contribution in [0.15, 0.2) is 78.9 Å². The molecule has 3 aromatic carbocycles. The molecule has 0 bridgehead atoms. The molecule has 0 fully saturated rings. The van der Waals surface area contributed by atoms with Crippen molar-refractivity contribution in [2.75, 3.05) is 5.32 Å². The first-order chi connectivity index (χ1) is 17.7. The maximum atomic E-state index is 13.3. The summed E-state index contributed by atoms with van der Waals surface area (Å²) in [7, 11) is 0. The summed E-state index contributed by atoms with van der Waals surface area (Å²) in [6.45, 7) is 1.57. The van der Waals surface area contributed by atoms with Crippen molar-refractivity contribution >= 4 is 35.1 Å². The molecule has 0 saturated heterocycles. The normalized spacial score (nSPS) is 11.5. The van der Waals surface area contributed by atoms with Crippen molar-refractivity contribution in [1.82, 2.24) is 15.0 Å². The largest absolute Gasteiger partial charge is 0.478 e. The maximum absolute atomic E-state index is 13.3. The standard InChI is InChI=1S/C27H23ClN4O5/c1-16-23(32(37)24(29-16)20-9-5-6-10-21(20)28)26(34)31-22(15-17-7-3-2-4-8-17)25(33)30-19-13-11-18(12-14-19)27(35)36/h2-14,22,37H,15H2,1H3,(H,30,33)(H,31,34)(H,35,36)/t22-/m0/s1. The number of nitrogens with zero attached hydrogens (tertiary/aromatic N) is 2. The fourth-order valence-electron chi connectivity index (χ4n) is 3.81. The number of halogens is 1. The van der Waals surface area contributed by atoms with E-state index in [1.54, 1.807) is 31.2 Å². The van der Waals surface area contributed by atoms with Crippen molar-refractivity contribution < 1.29 is 24.7 Å². The Morgan fingerprint density at radius 1 is 0.973 bits per heavy atom. The Morgan fingerprint density at radius 2 is 1.62 bits per heavy atom. The van der Waals surface area contributed by atoms with E-state index in [0.29, 0.717) is 21.0 Å². The molecule has 4 rings (SSSR count). The number of benzene rings is 3. The van der Waals surface area contributed by atoms with Gasteiger partial charge in [0.1, 0.15) is 6.04 Å². The third kappa shape index (κ3) is 5.79. The van der Waals surface area contributed by atoms with Crippen LogP contribution in [-0.4, -0.2) is 43.9 Å². The lowest BCUT2D eigenvalue weighted by Gasteiger charge is -2.19. The number of anilines is 1. The second-order valence-electron chi connectivity index (χ2n) is 8.25. The highest BCUT2D eigenvalue weighted by Gasteiger charge is 2.27. The summed E-state index contributed by atoms with van der Waals surface area (Å²) < 4.78 is 0.661. The Kier molecular flexibility index (Phi) is 7.55. The van der Waals surface area contributed by atoms with Crippen molar-refractivity contribution in [1.29, 1.82) is 0 Å². The third-order valence-electron chi connectivity index (χ3n) is 5.66. The van der Waals surface area contributed by atoms with Crippen LogP contribution in [0.5, 0.6) is 0 Å². The summed E-state index contributed by atoms with van der Waals surface area (Å²) in [4.78, 5) is 41.9. The zero-order valence-corrected chi connectivity index (χ0v) is 20.4. The Labute approximate surface area is 217 Å². The van der Waals surface area contributed by atoms with Gasteiger partial charge in [-0.1, -0.05) is 54.1 Å². The van der Waals surface area contributed by atoms with Gasteiger partial charge in [-0.2, -0.15) is 4.73 Å². The fraction of sp³-hybridized carbons (Fsp3) is 0.111. The van der Waals surface area contributed by atoms with E-state index in [0.717, 1.165) is 5.56 Å². The third-order valence-corrected chi connectivity index (χ3v) is 5.99. The molecule has 0 aliphatic rings. The van der Waals surface area contributed by atoms with E-state index < -0.39 is 23.8 Å². The van der Waals surface area contributed by atoms with Crippen LogP contribution in [0.4, 0.5) is 5.69 Å². The molecule has 9 nitrogen and oxygen atoms in total. The van der Waals surface area contributed by atoms with Crippen LogP contribution in [0.1, 0.15) is 32.1 Å².